The number of carbonyl (C=O) groups excluding carboxylic acids is 1. The van der Waals surface area contributed by atoms with Crippen LogP contribution in [0.15, 0.2) is 48.5 Å². The van der Waals surface area contributed by atoms with Gasteiger partial charge in [-0.15, -0.1) is 0 Å². The minimum atomic E-state index is -4.37. The number of esters is 1. The normalized spacial score (nSPS) is 12.9. The van der Waals surface area contributed by atoms with Crippen LogP contribution >= 0.6 is 0 Å². The van der Waals surface area contributed by atoms with Crippen molar-refractivity contribution in [2.45, 2.75) is 51.9 Å². The molecule has 9 heteroatoms. The molecular weight excluding hydrogens is 471 g/mol. The molecule has 36 heavy (non-hydrogen) atoms. The number of hydrogen-bond donors (Lipinski definition) is 1. The van der Waals surface area contributed by atoms with Crippen molar-refractivity contribution in [3.05, 3.63) is 70.9 Å². The summed E-state index contributed by atoms with van der Waals surface area (Å²) in [6.45, 7) is 7.29. The Bertz CT molecular complexity index is 1200. The van der Waals surface area contributed by atoms with Crippen LogP contribution in [0.4, 0.5) is 13.2 Å². The van der Waals surface area contributed by atoms with Gasteiger partial charge in [0.25, 0.3) is 0 Å². The quantitative estimate of drug-likeness (QED) is 0.383. The number of nitrogens with zero attached hydrogens (tertiary/aromatic N) is 2. The van der Waals surface area contributed by atoms with Crippen molar-refractivity contribution in [1.82, 2.24) is 15.1 Å². The van der Waals surface area contributed by atoms with Crippen LogP contribution in [0.1, 0.15) is 49.2 Å². The molecule has 0 fully saturated rings. The minimum absolute atomic E-state index is 0.0494. The van der Waals surface area contributed by atoms with Gasteiger partial charge in [-0.1, -0.05) is 24.3 Å². The van der Waals surface area contributed by atoms with E-state index in [4.69, 9.17) is 9.47 Å². The topological polar surface area (TPSA) is 65.4 Å². The summed E-state index contributed by atoms with van der Waals surface area (Å²) in [5.74, 6) is 0.165. The van der Waals surface area contributed by atoms with Crippen molar-refractivity contribution >= 4 is 5.97 Å². The van der Waals surface area contributed by atoms with Gasteiger partial charge in [0.2, 0.25) is 0 Å². The second-order valence-corrected chi connectivity index (χ2v) is 9.12. The molecule has 2 aromatic carbocycles. The molecule has 1 atom stereocenters. The number of hydrogen-bond acceptors (Lipinski definition) is 5. The smallest absolute Gasteiger partial charge is 0.416 e. The highest BCUT2D eigenvalue weighted by molar-refractivity contribution is 5.79. The van der Waals surface area contributed by atoms with E-state index in [9.17, 15) is 18.0 Å². The van der Waals surface area contributed by atoms with E-state index >= 15 is 0 Å². The molecule has 0 amide bonds. The lowest BCUT2D eigenvalue weighted by Crippen LogP contribution is -2.39. The molecule has 0 saturated carbocycles. The van der Waals surface area contributed by atoms with Crippen molar-refractivity contribution < 1.29 is 27.4 Å². The SMILES string of the molecule is CCOC(=O)C(C)(C)Oc1ccc(C(Cc2cc(-c3ccc(C(F)(F)F)cc3)nn2C)NC)cc1C. The maximum atomic E-state index is 12.9. The summed E-state index contributed by atoms with van der Waals surface area (Å²) in [7, 11) is 3.68. The van der Waals surface area contributed by atoms with Gasteiger partial charge in [0.1, 0.15) is 5.75 Å². The number of aryl methyl sites for hydroxylation is 2. The maximum Gasteiger partial charge on any atom is 0.416 e. The minimum Gasteiger partial charge on any atom is -0.476 e. The molecule has 194 valence electrons. The number of ether oxygens (including phenoxy) is 2. The Morgan fingerprint density at radius 1 is 1.11 bits per heavy atom. The van der Waals surface area contributed by atoms with Gasteiger partial charge in [-0.3, -0.25) is 4.68 Å². The monoisotopic (exact) mass is 503 g/mol. The van der Waals surface area contributed by atoms with Gasteiger partial charge in [-0.2, -0.15) is 18.3 Å². The molecule has 6 nitrogen and oxygen atoms in total. The number of nitrogens with one attached hydrogen (secondary N) is 1. The van der Waals surface area contributed by atoms with Gasteiger partial charge >= 0.3 is 12.1 Å². The molecule has 1 aromatic heterocycles. The fourth-order valence-electron chi connectivity index (χ4n) is 3.89. The molecule has 0 saturated heterocycles. The third kappa shape index (κ3) is 6.26. The Balaban J connectivity index is 1.78. The lowest BCUT2D eigenvalue weighted by Gasteiger charge is -2.26. The van der Waals surface area contributed by atoms with Crippen molar-refractivity contribution in [3.63, 3.8) is 0 Å². The highest BCUT2D eigenvalue weighted by atomic mass is 19.4. The van der Waals surface area contributed by atoms with Crippen molar-refractivity contribution in [2.75, 3.05) is 13.7 Å². The molecule has 0 aliphatic carbocycles. The van der Waals surface area contributed by atoms with E-state index in [1.165, 1.54) is 12.1 Å². The molecular formula is C27H32F3N3O3. The van der Waals surface area contributed by atoms with Crippen molar-refractivity contribution in [2.24, 2.45) is 7.05 Å². The number of aromatic nitrogens is 2. The number of rotatable bonds is 9. The van der Waals surface area contributed by atoms with E-state index in [0.717, 1.165) is 29.0 Å². The molecule has 1 heterocycles. The predicted octanol–water partition coefficient (Wildman–Crippen LogP) is 5.64. The predicted molar refractivity (Wildman–Crippen MR) is 132 cm³/mol. The van der Waals surface area contributed by atoms with Gasteiger partial charge in [0.15, 0.2) is 5.60 Å². The standard InChI is InChI=1S/C27H32F3N3O3/c1-7-35-25(34)26(3,4)36-24-13-10-19(14-17(24)2)22(31-5)15-21-16-23(32-33(21)6)18-8-11-20(12-9-18)27(28,29)30/h8-14,16,22,31H,7,15H2,1-6H3. The van der Waals surface area contributed by atoms with Gasteiger partial charge in [-0.05, 0) is 70.1 Å². The van der Waals surface area contributed by atoms with E-state index in [2.05, 4.69) is 10.4 Å². The Morgan fingerprint density at radius 2 is 1.78 bits per heavy atom. The largest absolute Gasteiger partial charge is 0.476 e. The third-order valence-electron chi connectivity index (χ3n) is 5.98. The third-order valence-corrected chi connectivity index (χ3v) is 5.98. The average molecular weight is 504 g/mol. The van der Waals surface area contributed by atoms with Crippen LogP contribution in [0.2, 0.25) is 0 Å². The van der Waals surface area contributed by atoms with Crippen LogP contribution in [0.5, 0.6) is 5.75 Å². The first-order valence-electron chi connectivity index (χ1n) is 11.7. The fourth-order valence-corrected chi connectivity index (χ4v) is 3.89. The van der Waals surface area contributed by atoms with E-state index < -0.39 is 23.3 Å². The maximum absolute atomic E-state index is 12.9. The van der Waals surface area contributed by atoms with Crippen LogP contribution in [0.3, 0.4) is 0 Å². The summed E-state index contributed by atoms with van der Waals surface area (Å²) in [6.07, 6.45) is -3.77. The van der Waals surface area contributed by atoms with Gasteiger partial charge in [0.05, 0.1) is 17.9 Å². The van der Waals surface area contributed by atoms with Crippen LogP contribution in [-0.2, 0) is 29.2 Å². The zero-order valence-electron chi connectivity index (χ0n) is 21.4. The van der Waals surface area contributed by atoms with Crippen LogP contribution in [0, 0.1) is 6.92 Å². The van der Waals surface area contributed by atoms with Gasteiger partial charge in [-0.25, -0.2) is 4.79 Å². The zero-order chi connectivity index (χ0) is 26.7. The molecule has 0 aliphatic rings. The van der Waals surface area contributed by atoms with E-state index in [1.807, 2.05) is 45.3 Å². The summed E-state index contributed by atoms with van der Waals surface area (Å²) in [5.41, 5.74) is 2.24. The fraction of sp³-hybridized carbons (Fsp3) is 0.407. The summed E-state index contributed by atoms with van der Waals surface area (Å²) < 4.78 is 51.4. The lowest BCUT2D eigenvalue weighted by molar-refractivity contribution is -0.158. The highest BCUT2D eigenvalue weighted by Crippen LogP contribution is 2.32. The number of alkyl halides is 3. The molecule has 0 aliphatic heterocycles. The lowest BCUT2D eigenvalue weighted by atomic mass is 9.99. The van der Waals surface area contributed by atoms with Crippen LogP contribution < -0.4 is 10.1 Å². The first-order valence-corrected chi connectivity index (χ1v) is 11.7. The second-order valence-electron chi connectivity index (χ2n) is 9.12. The van der Waals surface area contributed by atoms with Gasteiger partial charge < -0.3 is 14.8 Å². The van der Waals surface area contributed by atoms with E-state index in [-0.39, 0.29) is 12.6 Å². The molecule has 1 N–H and O–H groups in total. The Hall–Kier alpha value is -3.33. The van der Waals surface area contributed by atoms with Crippen LogP contribution in [0.25, 0.3) is 11.3 Å². The highest BCUT2D eigenvalue weighted by Gasteiger charge is 2.32. The summed E-state index contributed by atoms with van der Waals surface area (Å²) >= 11 is 0. The van der Waals surface area contributed by atoms with Crippen molar-refractivity contribution in [3.8, 4) is 17.0 Å². The first-order chi connectivity index (χ1) is 16.9. The van der Waals surface area contributed by atoms with Crippen LogP contribution in [-0.4, -0.2) is 35.0 Å². The second kappa shape index (κ2) is 10.7. The first kappa shape index (κ1) is 27.3. The zero-order valence-corrected chi connectivity index (χ0v) is 21.4. The van der Waals surface area contributed by atoms with Crippen molar-refractivity contribution in [1.29, 1.82) is 0 Å². The number of benzene rings is 2. The Labute approximate surface area is 209 Å². The molecule has 0 spiro atoms. The number of carbonyl (C=O) groups is 1. The molecule has 3 rings (SSSR count). The van der Waals surface area contributed by atoms with E-state index in [1.54, 1.807) is 25.5 Å². The molecule has 0 radical (unpaired) electrons. The molecule has 1 unspecified atom stereocenters. The summed E-state index contributed by atoms with van der Waals surface area (Å²) in [5, 5.41) is 7.82. The molecule has 0 bridgehead atoms. The van der Waals surface area contributed by atoms with Gasteiger partial charge in [0, 0.05) is 30.8 Å². The molecule has 3 aromatic rings. The van der Waals surface area contributed by atoms with E-state index in [0.29, 0.717) is 23.4 Å². The summed E-state index contributed by atoms with van der Waals surface area (Å²) in [6, 6.07) is 12.6. The Morgan fingerprint density at radius 3 is 2.33 bits per heavy atom. The number of likely N-dealkylation sites (N-methyl/N-ethyl adjacent to an activating group) is 1. The summed E-state index contributed by atoms with van der Waals surface area (Å²) in [4.78, 5) is 12.2. The number of halogens is 3. The Kier molecular flexibility index (Phi) is 8.13. The average Bonchev–Trinajstić information content (AvgIpc) is 3.18.